The third kappa shape index (κ3) is 5.34. The van der Waals surface area contributed by atoms with E-state index in [0.29, 0.717) is 16.5 Å². The zero-order chi connectivity index (χ0) is 26.7. The number of ether oxygens (including phenoxy) is 3. The highest BCUT2D eigenvalue weighted by atomic mass is 35.5. The summed E-state index contributed by atoms with van der Waals surface area (Å²) in [5.74, 6) is 1.000. The van der Waals surface area contributed by atoms with E-state index in [1.807, 2.05) is 42.5 Å². The number of halogens is 1. The third-order valence-corrected chi connectivity index (χ3v) is 8.15. The Hall–Kier alpha value is -3.95. The summed E-state index contributed by atoms with van der Waals surface area (Å²) in [6.07, 6.45) is -1.07. The van der Waals surface area contributed by atoms with Gasteiger partial charge >= 0.3 is 0 Å². The van der Waals surface area contributed by atoms with Crippen molar-refractivity contribution in [2.75, 3.05) is 31.1 Å². The number of nitrogens with one attached hydrogen (secondary N) is 1. The van der Waals surface area contributed by atoms with Gasteiger partial charge in [-0.05, 0) is 65.4 Å². The van der Waals surface area contributed by atoms with Crippen LogP contribution in [0.15, 0.2) is 89.8 Å². The number of sulfonamides is 1. The van der Waals surface area contributed by atoms with Gasteiger partial charge in [-0.3, -0.25) is 9.10 Å². The van der Waals surface area contributed by atoms with Gasteiger partial charge in [0.1, 0.15) is 23.9 Å². The molecule has 1 amide bonds. The average Bonchev–Trinajstić information content (AvgIpc) is 2.94. The molecule has 0 aliphatic carbocycles. The van der Waals surface area contributed by atoms with E-state index in [-0.39, 0.29) is 36.0 Å². The van der Waals surface area contributed by atoms with E-state index in [0.717, 1.165) is 15.1 Å². The molecular formula is C28H25ClN2O6S. The van der Waals surface area contributed by atoms with Crippen LogP contribution in [0.25, 0.3) is 10.8 Å². The molecule has 8 nitrogen and oxygen atoms in total. The van der Waals surface area contributed by atoms with Crippen molar-refractivity contribution in [3.8, 4) is 17.2 Å². The molecule has 1 N–H and O–H groups in total. The average molecular weight is 553 g/mol. The number of amides is 1. The van der Waals surface area contributed by atoms with Gasteiger partial charge in [-0.1, -0.05) is 41.9 Å². The summed E-state index contributed by atoms with van der Waals surface area (Å²) in [5.41, 5.74) is 0.261. The van der Waals surface area contributed by atoms with Gasteiger partial charge in [0, 0.05) is 5.02 Å². The minimum absolute atomic E-state index is 0.0501. The SMILES string of the molecule is COc1ccc(S(=O)(=O)N2C[C@H](C(=O)NCCOc3ccc4ccccc4c3)Oc3ccc(Cl)cc32)cc1. The normalized spacial score (nSPS) is 14.9. The zero-order valence-electron chi connectivity index (χ0n) is 20.5. The number of nitrogens with zero attached hydrogens (tertiary/aromatic N) is 1. The summed E-state index contributed by atoms with van der Waals surface area (Å²) >= 11 is 6.16. The first-order valence-electron chi connectivity index (χ1n) is 11.9. The van der Waals surface area contributed by atoms with Crippen LogP contribution in [0.4, 0.5) is 5.69 Å². The van der Waals surface area contributed by atoms with Gasteiger partial charge in [0.15, 0.2) is 6.10 Å². The number of anilines is 1. The van der Waals surface area contributed by atoms with E-state index in [4.69, 9.17) is 25.8 Å². The number of rotatable bonds is 8. The van der Waals surface area contributed by atoms with E-state index in [2.05, 4.69) is 5.32 Å². The van der Waals surface area contributed by atoms with Crippen LogP contribution in [0.3, 0.4) is 0 Å². The van der Waals surface area contributed by atoms with Gasteiger partial charge < -0.3 is 19.5 Å². The molecule has 0 radical (unpaired) electrons. The Morgan fingerprint density at radius 2 is 1.74 bits per heavy atom. The van der Waals surface area contributed by atoms with Crippen molar-refractivity contribution in [3.63, 3.8) is 0 Å². The lowest BCUT2D eigenvalue weighted by atomic mass is 10.1. The third-order valence-electron chi connectivity index (χ3n) is 6.12. The largest absolute Gasteiger partial charge is 0.497 e. The van der Waals surface area contributed by atoms with Crippen LogP contribution in [-0.2, 0) is 14.8 Å². The summed E-state index contributed by atoms with van der Waals surface area (Å²) in [5, 5.41) is 5.29. The van der Waals surface area contributed by atoms with E-state index in [9.17, 15) is 13.2 Å². The molecular weight excluding hydrogens is 528 g/mol. The highest BCUT2D eigenvalue weighted by Gasteiger charge is 2.37. The molecule has 4 aromatic rings. The fourth-order valence-electron chi connectivity index (χ4n) is 4.18. The van der Waals surface area contributed by atoms with E-state index < -0.39 is 22.0 Å². The second-order valence-corrected chi connectivity index (χ2v) is 10.9. The minimum Gasteiger partial charge on any atom is -0.497 e. The zero-order valence-corrected chi connectivity index (χ0v) is 22.0. The fourth-order valence-corrected chi connectivity index (χ4v) is 5.81. The second-order valence-electron chi connectivity index (χ2n) is 8.58. The monoisotopic (exact) mass is 552 g/mol. The number of hydrogen-bond acceptors (Lipinski definition) is 6. The van der Waals surface area contributed by atoms with Crippen LogP contribution in [0, 0.1) is 0 Å². The number of benzene rings is 4. The molecule has 1 aliphatic rings. The summed E-state index contributed by atoms with van der Waals surface area (Å²) in [6.45, 7) is 0.222. The lowest BCUT2D eigenvalue weighted by molar-refractivity contribution is -0.127. The molecule has 4 aromatic carbocycles. The highest BCUT2D eigenvalue weighted by molar-refractivity contribution is 7.92. The first-order chi connectivity index (χ1) is 18.3. The molecule has 1 atom stereocenters. The quantitative estimate of drug-likeness (QED) is 0.320. The molecule has 0 aromatic heterocycles. The molecule has 0 fully saturated rings. The van der Waals surface area contributed by atoms with Crippen LogP contribution in [0.5, 0.6) is 17.2 Å². The van der Waals surface area contributed by atoms with E-state index in [1.54, 1.807) is 24.3 Å². The summed E-state index contributed by atoms with van der Waals surface area (Å²) < 4.78 is 45.1. The summed E-state index contributed by atoms with van der Waals surface area (Å²) in [7, 11) is -2.53. The van der Waals surface area contributed by atoms with Crippen molar-refractivity contribution >= 4 is 44.0 Å². The molecule has 5 rings (SSSR count). The Morgan fingerprint density at radius 3 is 2.50 bits per heavy atom. The number of carbonyl (C=O) groups is 1. The Morgan fingerprint density at radius 1 is 1.00 bits per heavy atom. The number of methoxy groups -OCH3 is 1. The highest BCUT2D eigenvalue weighted by Crippen LogP contribution is 2.39. The lowest BCUT2D eigenvalue weighted by Crippen LogP contribution is -2.51. The molecule has 0 saturated heterocycles. The van der Waals surface area contributed by atoms with Crippen molar-refractivity contribution < 1.29 is 27.4 Å². The molecule has 38 heavy (non-hydrogen) atoms. The van der Waals surface area contributed by atoms with Crippen molar-refractivity contribution in [3.05, 3.63) is 90.0 Å². The maximum absolute atomic E-state index is 13.6. The van der Waals surface area contributed by atoms with Crippen LogP contribution < -0.4 is 23.8 Å². The maximum Gasteiger partial charge on any atom is 0.264 e. The summed E-state index contributed by atoms with van der Waals surface area (Å²) in [4.78, 5) is 13.0. The molecule has 1 aliphatic heterocycles. The maximum atomic E-state index is 13.6. The molecule has 0 saturated carbocycles. The predicted molar refractivity (Wildman–Crippen MR) is 146 cm³/mol. The first kappa shape index (κ1) is 25.7. The van der Waals surface area contributed by atoms with Gasteiger partial charge in [-0.25, -0.2) is 8.42 Å². The van der Waals surface area contributed by atoms with Crippen LogP contribution in [0.1, 0.15) is 0 Å². The van der Waals surface area contributed by atoms with Gasteiger partial charge in [0.25, 0.3) is 15.9 Å². The van der Waals surface area contributed by atoms with Gasteiger partial charge in [-0.2, -0.15) is 0 Å². The molecule has 196 valence electrons. The van der Waals surface area contributed by atoms with Crippen molar-refractivity contribution in [2.24, 2.45) is 0 Å². The second kappa shape index (κ2) is 10.8. The van der Waals surface area contributed by atoms with Crippen LogP contribution in [-0.4, -0.2) is 47.2 Å². The van der Waals surface area contributed by atoms with Gasteiger partial charge in [0.2, 0.25) is 0 Å². The molecule has 0 bridgehead atoms. The molecule has 0 spiro atoms. The van der Waals surface area contributed by atoms with Crippen LogP contribution in [0.2, 0.25) is 5.02 Å². The number of fused-ring (bicyclic) bond motifs is 2. The van der Waals surface area contributed by atoms with E-state index >= 15 is 0 Å². The van der Waals surface area contributed by atoms with Crippen molar-refractivity contribution in [1.29, 1.82) is 0 Å². The van der Waals surface area contributed by atoms with Crippen LogP contribution >= 0.6 is 11.6 Å². The lowest BCUT2D eigenvalue weighted by Gasteiger charge is -2.34. The first-order valence-corrected chi connectivity index (χ1v) is 13.7. The Labute approximate surface area is 225 Å². The van der Waals surface area contributed by atoms with Crippen molar-refractivity contribution in [1.82, 2.24) is 5.32 Å². The summed E-state index contributed by atoms with van der Waals surface area (Å²) in [6, 6.07) is 24.4. The smallest absolute Gasteiger partial charge is 0.264 e. The minimum atomic E-state index is -4.03. The Kier molecular flexibility index (Phi) is 7.31. The van der Waals surface area contributed by atoms with Gasteiger partial charge in [0.05, 0.1) is 30.8 Å². The number of carbonyl (C=O) groups excluding carboxylic acids is 1. The molecule has 1 heterocycles. The van der Waals surface area contributed by atoms with Crippen molar-refractivity contribution in [2.45, 2.75) is 11.0 Å². The fraction of sp³-hybridized carbons (Fsp3) is 0.179. The predicted octanol–water partition coefficient (Wildman–Crippen LogP) is 4.65. The molecule has 0 unspecified atom stereocenters. The van der Waals surface area contributed by atoms with Gasteiger partial charge in [-0.15, -0.1) is 0 Å². The Bertz CT molecular complexity index is 1580. The molecule has 10 heteroatoms. The topological polar surface area (TPSA) is 94.2 Å². The standard InChI is InChI=1S/C28H25ClN2O6S/c1-35-22-9-11-24(12-10-22)38(33,34)31-18-27(37-26-13-7-21(29)17-25(26)31)28(32)30-14-15-36-23-8-6-19-4-2-3-5-20(19)16-23/h2-13,16-17,27H,14-15,18H2,1H3,(H,30,32)/t27-/m1/s1. The number of hydrogen-bond donors (Lipinski definition) is 1. The van der Waals surface area contributed by atoms with E-state index in [1.165, 1.54) is 25.3 Å². The Balaban J connectivity index is 1.28.